The molecule has 0 saturated carbocycles. The minimum atomic E-state index is -0.505. The Bertz CT molecular complexity index is 895. The summed E-state index contributed by atoms with van der Waals surface area (Å²) in [5.74, 6) is 0.139. The lowest BCUT2D eigenvalue weighted by Gasteiger charge is -2.18. The topological polar surface area (TPSA) is 81.4 Å². The molecule has 3 rings (SSSR count). The summed E-state index contributed by atoms with van der Waals surface area (Å²) in [6.45, 7) is 2.19. The van der Waals surface area contributed by atoms with E-state index in [0.717, 1.165) is 34.2 Å². The van der Waals surface area contributed by atoms with Crippen molar-refractivity contribution >= 4 is 60.0 Å². The van der Waals surface area contributed by atoms with Gasteiger partial charge in [0.05, 0.1) is 22.7 Å². The average Bonchev–Trinajstić information content (AvgIpc) is 2.91. The summed E-state index contributed by atoms with van der Waals surface area (Å²) in [6.07, 6.45) is 2.73. The highest BCUT2D eigenvalue weighted by Crippen LogP contribution is 2.40. The minimum absolute atomic E-state index is 0.349. The van der Waals surface area contributed by atoms with E-state index in [9.17, 15) is 9.59 Å². The Morgan fingerprint density at radius 2 is 2.08 bits per heavy atom. The number of carbonyl (C=O) groups excluding carboxylic acids is 2. The van der Waals surface area contributed by atoms with Crippen LogP contribution >= 0.6 is 43.2 Å². The first kappa shape index (κ1) is 19.4. The number of thiophene rings is 1. The molecule has 1 atom stereocenters. The number of benzene rings is 1. The first-order chi connectivity index (χ1) is 12.3. The van der Waals surface area contributed by atoms with Crippen LogP contribution in [0, 0.1) is 5.92 Å². The molecule has 0 unspecified atom stereocenters. The van der Waals surface area contributed by atoms with Gasteiger partial charge in [0.15, 0.2) is 0 Å². The highest BCUT2D eigenvalue weighted by molar-refractivity contribution is 9.11. The van der Waals surface area contributed by atoms with Crippen molar-refractivity contribution in [3.63, 3.8) is 0 Å². The van der Waals surface area contributed by atoms with E-state index in [1.54, 1.807) is 12.1 Å². The van der Waals surface area contributed by atoms with E-state index in [4.69, 9.17) is 10.5 Å². The molecule has 1 aromatic carbocycles. The number of fused-ring (bicyclic) bond motifs is 1. The molecule has 1 aliphatic rings. The zero-order chi connectivity index (χ0) is 19.0. The SMILES string of the molecule is COc1c(Br)cc(Br)cc1C(=O)Nc1sc2c(c1C(N)=O)CC[C@@H](C)C2. The second-order valence-electron chi connectivity index (χ2n) is 6.34. The second kappa shape index (κ2) is 7.70. The Morgan fingerprint density at radius 1 is 1.35 bits per heavy atom. The maximum atomic E-state index is 12.9. The molecule has 0 spiro atoms. The number of hydrogen-bond donors (Lipinski definition) is 2. The average molecular weight is 502 g/mol. The molecule has 1 aromatic heterocycles. The molecule has 0 fully saturated rings. The van der Waals surface area contributed by atoms with Crippen LogP contribution in [-0.2, 0) is 12.8 Å². The van der Waals surface area contributed by atoms with Gasteiger partial charge in [0.2, 0.25) is 0 Å². The van der Waals surface area contributed by atoms with Crippen molar-refractivity contribution < 1.29 is 14.3 Å². The van der Waals surface area contributed by atoms with Crippen molar-refractivity contribution in [3.05, 3.63) is 42.6 Å². The Kier molecular flexibility index (Phi) is 5.74. The van der Waals surface area contributed by atoms with Crippen molar-refractivity contribution in [1.82, 2.24) is 0 Å². The molecule has 8 heteroatoms. The number of methoxy groups -OCH3 is 1. The third-order valence-corrected chi connectivity index (χ3v) is 6.66. The van der Waals surface area contributed by atoms with Crippen LogP contribution < -0.4 is 15.8 Å². The van der Waals surface area contributed by atoms with Gasteiger partial charge in [-0.15, -0.1) is 11.3 Å². The third kappa shape index (κ3) is 3.68. The Hall–Kier alpha value is -1.38. The lowest BCUT2D eigenvalue weighted by molar-refractivity contribution is 0.1000. The Balaban J connectivity index is 2.00. The highest BCUT2D eigenvalue weighted by Gasteiger charge is 2.28. The van der Waals surface area contributed by atoms with Crippen LogP contribution in [0.15, 0.2) is 21.1 Å². The highest BCUT2D eigenvalue weighted by atomic mass is 79.9. The van der Waals surface area contributed by atoms with Crippen molar-refractivity contribution in [2.24, 2.45) is 11.7 Å². The maximum Gasteiger partial charge on any atom is 0.260 e. The van der Waals surface area contributed by atoms with E-state index in [1.165, 1.54) is 18.4 Å². The van der Waals surface area contributed by atoms with Crippen LogP contribution in [0.2, 0.25) is 0 Å². The molecule has 0 aliphatic heterocycles. The van der Waals surface area contributed by atoms with Gasteiger partial charge < -0.3 is 15.8 Å². The first-order valence-corrected chi connectivity index (χ1v) is 10.5. The predicted octanol–water partition coefficient (Wildman–Crippen LogP) is 4.76. The van der Waals surface area contributed by atoms with E-state index in [0.29, 0.717) is 32.3 Å². The molecule has 26 heavy (non-hydrogen) atoms. The molecule has 0 radical (unpaired) electrons. The zero-order valence-electron chi connectivity index (χ0n) is 14.3. The summed E-state index contributed by atoms with van der Waals surface area (Å²) in [6, 6.07) is 3.48. The van der Waals surface area contributed by atoms with Crippen LogP contribution in [0.5, 0.6) is 5.75 Å². The van der Waals surface area contributed by atoms with Gasteiger partial charge in [-0.2, -0.15) is 0 Å². The fourth-order valence-electron chi connectivity index (χ4n) is 3.21. The van der Waals surface area contributed by atoms with Gasteiger partial charge in [0, 0.05) is 9.35 Å². The number of amides is 2. The Morgan fingerprint density at radius 3 is 2.73 bits per heavy atom. The van der Waals surface area contributed by atoms with E-state index >= 15 is 0 Å². The van der Waals surface area contributed by atoms with Crippen LogP contribution in [0.25, 0.3) is 0 Å². The molecule has 0 bridgehead atoms. The van der Waals surface area contributed by atoms with E-state index in [-0.39, 0.29) is 5.91 Å². The van der Waals surface area contributed by atoms with E-state index in [1.807, 2.05) is 0 Å². The first-order valence-electron chi connectivity index (χ1n) is 8.10. The normalized spacial score (nSPS) is 16.1. The number of anilines is 1. The number of ether oxygens (including phenoxy) is 1. The van der Waals surface area contributed by atoms with E-state index in [2.05, 4.69) is 44.1 Å². The van der Waals surface area contributed by atoms with Gasteiger partial charge in [-0.3, -0.25) is 9.59 Å². The van der Waals surface area contributed by atoms with Crippen LogP contribution in [-0.4, -0.2) is 18.9 Å². The number of nitrogens with two attached hydrogens (primary N) is 1. The van der Waals surface area contributed by atoms with Crippen molar-refractivity contribution in [2.75, 3.05) is 12.4 Å². The lowest BCUT2D eigenvalue weighted by Crippen LogP contribution is -2.19. The Labute approximate surface area is 172 Å². The monoisotopic (exact) mass is 500 g/mol. The smallest absolute Gasteiger partial charge is 0.260 e. The summed E-state index contributed by atoms with van der Waals surface area (Å²) >= 11 is 8.22. The number of carbonyl (C=O) groups is 2. The van der Waals surface area contributed by atoms with Gasteiger partial charge in [0.1, 0.15) is 10.8 Å². The fraction of sp³-hybridized carbons (Fsp3) is 0.333. The summed E-state index contributed by atoms with van der Waals surface area (Å²) in [5, 5.41) is 3.38. The summed E-state index contributed by atoms with van der Waals surface area (Å²) in [4.78, 5) is 26.0. The van der Waals surface area contributed by atoms with Gasteiger partial charge in [-0.05, 0) is 58.8 Å². The molecule has 1 aliphatic carbocycles. The van der Waals surface area contributed by atoms with Crippen LogP contribution in [0.3, 0.4) is 0 Å². The molecular formula is C18H18Br2N2O3S. The quantitative estimate of drug-likeness (QED) is 0.633. The number of rotatable bonds is 4. The number of halogens is 2. The van der Waals surface area contributed by atoms with Gasteiger partial charge in [0.25, 0.3) is 11.8 Å². The van der Waals surface area contributed by atoms with Crippen LogP contribution in [0.4, 0.5) is 5.00 Å². The van der Waals surface area contributed by atoms with Crippen molar-refractivity contribution in [3.8, 4) is 5.75 Å². The largest absolute Gasteiger partial charge is 0.495 e. The van der Waals surface area contributed by atoms with Gasteiger partial charge in [-0.25, -0.2) is 0 Å². The zero-order valence-corrected chi connectivity index (χ0v) is 18.3. The molecule has 138 valence electrons. The molecule has 2 amide bonds. The molecule has 3 N–H and O–H groups in total. The molecular weight excluding hydrogens is 484 g/mol. The number of nitrogens with one attached hydrogen (secondary N) is 1. The fourth-order valence-corrected chi connectivity index (χ4v) is 6.00. The second-order valence-corrected chi connectivity index (χ2v) is 9.22. The van der Waals surface area contributed by atoms with Gasteiger partial charge >= 0.3 is 0 Å². The van der Waals surface area contributed by atoms with Crippen molar-refractivity contribution in [2.45, 2.75) is 26.2 Å². The van der Waals surface area contributed by atoms with Crippen LogP contribution in [0.1, 0.15) is 44.5 Å². The maximum absolute atomic E-state index is 12.9. The predicted molar refractivity (Wildman–Crippen MR) is 110 cm³/mol. The standard InChI is InChI=1S/C18H18Br2N2O3S/c1-8-3-4-10-13(5-8)26-18(14(10)16(21)23)22-17(24)11-6-9(19)7-12(20)15(11)25-2/h6-8H,3-5H2,1-2H3,(H2,21,23)(H,22,24)/t8-/m1/s1. The van der Waals surface area contributed by atoms with E-state index < -0.39 is 5.91 Å². The van der Waals surface area contributed by atoms with Crippen molar-refractivity contribution in [1.29, 1.82) is 0 Å². The van der Waals surface area contributed by atoms with Gasteiger partial charge in [-0.1, -0.05) is 22.9 Å². The third-order valence-electron chi connectivity index (χ3n) is 4.44. The lowest BCUT2D eigenvalue weighted by atomic mass is 9.88. The molecule has 2 aromatic rings. The number of hydrogen-bond acceptors (Lipinski definition) is 4. The number of primary amides is 1. The molecule has 1 heterocycles. The molecule has 5 nitrogen and oxygen atoms in total. The minimum Gasteiger partial charge on any atom is -0.495 e. The summed E-state index contributed by atoms with van der Waals surface area (Å²) in [7, 11) is 1.50. The summed E-state index contributed by atoms with van der Waals surface area (Å²) < 4.78 is 6.75. The summed E-state index contributed by atoms with van der Waals surface area (Å²) in [5.41, 5.74) is 7.41. The molecule has 0 saturated heterocycles.